The number of rotatable bonds is 4. The molecule has 0 amide bonds. The number of para-hydroxylation sites is 3. The van der Waals surface area contributed by atoms with E-state index in [-0.39, 0.29) is 0 Å². The molecule has 0 radical (unpaired) electrons. The van der Waals surface area contributed by atoms with Crippen LogP contribution in [0.2, 0.25) is 0 Å². The first-order valence-corrected chi connectivity index (χ1v) is 21.5. The van der Waals surface area contributed by atoms with Crippen LogP contribution in [-0.4, -0.2) is 24.1 Å². The minimum Gasteiger partial charge on any atom is -0.309 e. The van der Waals surface area contributed by atoms with Gasteiger partial charge in [-0.1, -0.05) is 170 Å². The minimum absolute atomic E-state index is 0.446. The lowest BCUT2D eigenvalue weighted by atomic mass is 9.70. The third kappa shape index (κ3) is 4.63. The number of hydrogen-bond acceptors (Lipinski definition) is 3. The van der Waals surface area contributed by atoms with Crippen LogP contribution in [0.25, 0.3) is 100 Å². The molecule has 0 bridgehead atoms. The van der Waals surface area contributed by atoms with E-state index in [4.69, 9.17) is 15.0 Å². The molecule has 3 aromatic heterocycles. The van der Waals surface area contributed by atoms with Crippen molar-refractivity contribution in [3.05, 3.63) is 235 Å². The number of benzene rings is 9. The first-order valence-electron chi connectivity index (χ1n) is 21.5. The molecule has 0 saturated heterocycles. The molecular formula is C58H35N5. The van der Waals surface area contributed by atoms with E-state index in [1.807, 2.05) is 18.2 Å². The number of hydrogen-bond donors (Lipinski definition) is 0. The highest BCUT2D eigenvalue weighted by molar-refractivity contribution is 6.13. The average molecular weight is 802 g/mol. The molecule has 1 spiro atoms. The second-order valence-electron chi connectivity index (χ2n) is 16.7. The van der Waals surface area contributed by atoms with Crippen LogP contribution in [-0.2, 0) is 5.41 Å². The minimum atomic E-state index is -0.446. The molecule has 3 heterocycles. The van der Waals surface area contributed by atoms with Crippen LogP contribution in [0.5, 0.6) is 0 Å². The van der Waals surface area contributed by atoms with Crippen molar-refractivity contribution in [1.29, 1.82) is 0 Å². The highest BCUT2D eigenvalue weighted by Crippen LogP contribution is 2.63. The van der Waals surface area contributed by atoms with Gasteiger partial charge in [0.15, 0.2) is 11.6 Å². The van der Waals surface area contributed by atoms with E-state index in [0.29, 0.717) is 17.6 Å². The third-order valence-corrected chi connectivity index (χ3v) is 13.6. The predicted octanol–water partition coefficient (Wildman–Crippen LogP) is 13.7. The second kappa shape index (κ2) is 12.8. The second-order valence-corrected chi connectivity index (χ2v) is 16.7. The van der Waals surface area contributed by atoms with E-state index in [1.54, 1.807) is 0 Å². The first kappa shape index (κ1) is 34.3. The van der Waals surface area contributed by atoms with E-state index in [9.17, 15) is 0 Å². The van der Waals surface area contributed by atoms with Crippen molar-refractivity contribution < 1.29 is 0 Å². The summed E-state index contributed by atoms with van der Waals surface area (Å²) in [4.78, 5) is 15.7. The molecular weight excluding hydrogens is 767 g/mol. The smallest absolute Gasteiger partial charge is 0.238 e. The number of nitrogens with zero attached hydrogens (tertiary/aromatic N) is 5. The largest absolute Gasteiger partial charge is 0.309 e. The topological polar surface area (TPSA) is 48.5 Å². The Balaban J connectivity index is 1.02. The van der Waals surface area contributed by atoms with E-state index in [0.717, 1.165) is 49.7 Å². The summed E-state index contributed by atoms with van der Waals surface area (Å²) in [5.74, 6) is 1.81. The third-order valence-electron chi connectivity index (χ3n) is 13.6. The van der Waals surface area contributed by atoms with Gasteiger partial charge >= 0.3 is 0 Å². The van der Waals surface area contributed by atoms with Gasteiger partial charge in [0.1, 0.15) is 0 Å². The van der Waals surface area contributed by atoms with Crippen LogP contribution in [0, 0.1) is 0 Å². The Morgan fingerprint density at radius 2 is 0.778 bits per heavy atom. The summed E-state index contributed by atoms with van der Waals surface area (Å²) in [5, 5.41) is 4.75. The summed E-state index contributed by atoms with van der Waals surface area (Å²) in [5.41, 5.74) is 17.4. The van der Waals surface area contributed by atoms with E-state index < -0.39 is 5.41 Å². The van der Waals surface area contributed by atoms with E-state index in [2.05, 4.69) is 203 Å². The molecule has 292 valence electrons. The lowest BCUT2D eigenvalue weighted by molar-refractivity contribution is 0.794. The molecule has 0 saturated carbocycles. The van der Waals surface area contributed by atoms with Gasteiger partial charge in [-0.15, -0.1) is 0 Å². The molecule has 5 nitrogen and oxygen atoms in total. The van der Waals surface area contributed by atoms with Crippen LogP contribution in [0.4, 0.5) is 0 Å². The molecule has 0 aliphatic heterocycles. The Labute approximate surface area is 362 Å². The van der Waals surface area contributed by atoms with Gasteiger partial charge in [-0.25, -0.2) is 4.98 Å². The van der Waals surface area contributed by atoms with Crippen molar-refractivity contribution in [3.63, 3.8) is 0 Å². The standard InChI is InChI=1S/C58H35N5/c1-2-17-36(18-3-1)55-59-56(61-57(60-55)63-52-31-14-7-24-42(52)43-25-8-15-32-53(43)63)37-19-16-20-38(33-37)62-51-30-13-9-26-44(51)46-34-45-41-23-6-12-29-49(41)58(50(45)35-54(46)62)47-27-10-4-21-39(47)40-22-5-11-28-48(40)58/h1-35H. The van der Waals surface area contributed by atoms with Crippen molar-refractivity contribution in [2.75, 3.05) is 0 Å². The Bertz CT molecular complexity index is 3770. The van der Waals surface area contributed by atoms with Crippen molar-refractivity contribution in [3.8, 4) is 56.7 Å². The lowest BCUT2D eigenvalue weighted by Gasteiger charge is -2.30. The van der Waals surface area contributed by atoms with Gasteiger partial charge in [-0.2, -0.15) is 9.97 Å². The number of fused-ring (bicyclic) bond motifs is 16. The zero-order chi connectivity index (χ0) is 41.2. The molecule has 0 unspecified atom stereocenters. The number of aromatic nitrogens is 5. The van der Waals surface area contributed by atoms with Gasteiger partial charge in [0.05, 0.1) is 27.5 Å². The quantitative estimate of drug-likeness (QED) is 0.178. The molecule has 0 fully saturated rings. The molecule has 5 heteroatoms. The maximum atomic E-state index is 5.31. The van der Waals surface area contributed by atoms with Crippen LogP contribution in [0.15, 0.2) is 212 Å². The average Bonchev–Trinajstić information content (AvgIpc) is 4.05. The van der Waals surface area contributed by atoms with E-state index >= 15 is 0 Å². The molecule has 0 N–H and O–H groups in total. The Morgan fingerprint density at radius 3 is 1.40 bits per heavy atom. The van der Waals surface area contributed by atoms with Gasteiger partial charge in [-0.3, -0.25) is 4.57 Å². The fraction of sp³-hybridized carbons (Fsp3) is 0.0172. The maximum Gasteiger partial charge on any atom is 0.238 e. The highest BCUT2D eigenvalue weighted by Gasteiger charge is 2.51. The summed E-state index contributed by atoms with van der Waals surface area (Å²) in [7, 11) is 0. The zero-order valence-electron chi connectivity index (χ0n) is 33.9. The van der Waals surface area contributed by atoms with Crippen LogP contribution in [0.1, 0.15) is 22.3 Å². The molecule has 0 atom stereocenters. The van der Waals surface area contributed by atoms with Gasteiger partial charge in [0, 0.05) is 38.4 Å². The molecule has 2 aliphatic carbocycles. The fourth-order valence-electron chi connectivity index (χ4n) is 11.1. The summed E-state index contributed by atoms with van der Waals surface area (Å²) in [6.45, 7) is 0. The van der Waals surface area contributed by atoms with Crippen LogP contribution in [0.3, 0.4) is 0 Å². The zero-order valence-corrected chi connectivity index (χ0v) is 33.9. The van der Waals surface area contributed by atoms with Crippen molar-refractivity contribution in [2.45, 2.75) is 5.41 Å². The molecule has 2 aliphatic rings. The Kier molecular flexibility index (Phi) is 6.97. The normalized spacial score (nSPS) is 13.2. The van der Waals surface area contributed by atoms with Gasteiger partial charge in [-0.05, 0) is 87.0 Å². The summed E-state index contributed by atoms with van der Waals surface area (Å²) in [6.07, 6.45) is 0. The molecule has 63 heavy (non-hydrogen) atoms. The Morgan fingerprint density at radius 1 is 0.302 bits per heavy atom. The van der Waals surface area contributed by atoms with Crippen molar-refractivity contribution >= 4 is 43.6 Å². The molecule has 14 rings (SSSR count). The lowest BCUT2D eigenvalue weighted by Crippen LogP contribution is -2.25. The van der Waals surface area contributed by atoms with Gasteiger partial charge in [0.25, 0.3) is 0 Å². The molecule has 12 aromatic rings. The monoisotopic (exact) mass is 801 g/mol. The predicted molar refractivity (Wildman–Crippen MR) is 256 cm³/mol. The van der Waals surface area contributed by atoms with Crippen LogP contribution < -0.4 is 0 Å². The first-order chi connectivity index (χ1) is 31.3. The molecule has 9 aromatic carbocycles. The van der Waals surface area contributed by atoms with Crippen LogP contribution >= 0.6 is 0 Å². The summed E-state index contributed by atoms with van der Waals surface area (Å²) >= 11 is 0. The SMILES string of the molecule is c1ccc(-c2nc(-c3cccc(-n4c5ccccc5c5cc6c(cc54)C4(c5ccccc5-c5ccccc54)c4ccccc4-6)c3)nc(-n3c4ccccc4c4ccccc43)n2)cc1. The fourth-order valence-corrected chi connectivity index (χ4v) is 11.1. The maximum absolute atomic E-state index is 5.31. The van der Waals surface area contributed by atoms with E-state index in [1.165, 1.54) is 55.3 Å². The van der Waals surface area contributed by atoms with Crippen molar-refractivity contribution in [1.82, 2.24) is 24.1 Å². The Hall–Kier alpha value is -8.41. The highest BCUT2D eigenvalue weighted by atomic mass is 15.2. The summed E-state index contributed by atoms with van der Waals surface area (Å²) in [6, 6.07) is 76.7. The van der Waals surface area contributed by atoms with Crippen molar-refractivity contribution in [2.24, 2.45) is 0 Å². The summed E-state index contributed by atoms with van der Waals surface area (Å²) < 4.78 is 4.61. The van der Waals surface area contributed by atoms with Gasteiger partial charge < -0.3 is 4.57 Å². The van der Waals surface area contributed by atoms with Gasteiger partial charge in [0.2, 0.25) is 5.95 Å².